The molecule has 0 aliphatic carbocycles. The van der Waals surface area contributed by atoms with Gasteiger partial charge in [-0.05, 0) is 68.7 Å². The van der Waals surface area contributed by atoms with Gasteiger partial charge >= 0.3 is 5.97 Å². The first-order chi connectivity index (χ1) is 19.7. The fraction of sp³-hybridized carbons (Fsp3) is 0.310. The van der Waals surface area contributed by atoms with E-state index >= 15 is 0 Å². The normalized spacial score (nSPS) is 11.7. The van der Waals surface area contributed by atoms with Crippen molar-refractivity contribution in [3.63, 3.8) is 0 Å². The minimum Gasteiger partial charge on any atom is -0.497 e. The molecule has 0 aliphatic rings. The summed E-state index contributed by atoms with van der Waals surface area (Å²) in [4.78, 5) is 25.6. The zero-order chi connectivity index (χ0) is 29.7. The number of ether oxygens (including phenoxy) is 3. The number of nitrogens with zero attached hydrogens (tertiary/aromatic N) is 3. The zero-order valence-electron chi connectivity index (χ0n) is 23.6. The number of carbonyl (C=O) groups is 2. The number of carbonyl (C=O) groups excluding carboxylic acids is 2. The average molecular weight is 615 g/mol. The molecule has 2 heterocycles. The molecule has 1 amide bonds. The van der Waals surface area contributed by atoms with Crippen LogP contribution in [0.15, 0.2) is 46.9 Å². The summed E-state index contributed by atoms with van der Waals surface area (Å²) in [5.74, 6) is 1.30. The maximum Gasteiger partial charge on any atom is 0.341 e. The first-order valence-corrected chi connectivity index (χ1v) is 15.0. The first kappa shape index (κ1) is 30.4. The maximum atomic E-state index is 13.0. The smallest absolute Gasteiger partial charge is 0.341 e. The van der Waals surface area contributed by atoms with Crippen molar-refractivity contribution in [3.8, 4) is 22.6 Å². The van der Waals surface area contributed by atoms with Crippen LogP contribution in [0.3, 0.4) is 0 Å². The molecule has 0 saturated heterocycles. The molecule has 0 saturated carbocycles. The molecule has 0 radical (unpaired) electrons. The lowest BCUT2D eigenvalue weighted by molar-refractivity contribution is -0.113. The van der Waals surface area contributed by atoms with E-state index in [1.165, 1.54) is 30.2 Å². The molecule has 0 fully saturated rings. The number of hydrogen-bond donors (Lipinski definition) is 1. The number of rotatable bonds is 11. The number of thioether (sulfide) groups is 1. The van der Waals surface area contributed by atoms with Gasteiger partial charge in [0.05, 0.1) is 20.0 Å². The lowest BCUT2D eigenvalue weighted by Crippen LogP contribution is -2.17. The minimum absolute atomic E-state index is 0.0688. The number of thiophene rings is 1. The first-order valence-electron chi connectivity index (χ1n) is 12.8. The highest BCUT2D eigenvalue weighted by Gasteiger charge is 2.24. The standard InChI is InChI=1S/C29H31ClN4O5S2/c1-7-34-26(18(4)39-21-12-16(2)25(30)17(3)13-21)32-33-29(34)41-15-23(35)31-27-24(28(36)38-6)22(14-40-27)19-8-10-20(37-5)11-9-19/h8-14,18H,7,15H2,1-6H3,(H,31,35). The Kier molecular flexibility index (Phi) is 9.95. The van der Waals surface area contributed by atoms with Gasteiger partial charge in [0.2, 0.25) is 5.91 Å². The second-order valence-electron chi connectivity index (χ2n) is 9.13. The van der Waals surface area contributed by atoms with Gasteiger partial charge in [0.15, 0.2) is 17.1 Å². The van der Waals surface area contributed by atoms with Crippen LogP contribution in [0.5, 0.6) is 11.5 Å². The molecule has 41 heavy (non-hydrogen) atoms. The second kappa shape index (κ2) is 13.4. The average Bonchev–Trinajstić information content (AvgIpc) is 3.58. The Morgan fingerprint density at radius 2 is 1.78 bits per heavy atom. The molecule has 1 atom stereocenters. The molecule has 2 aromatic heterocycles. The van der Waals surface area contributed by atoms with E-state index in [1.807, 2.05) is 74.0 Å². The monoisotopic (exact) mass is 614 g/mol. The van der Waals surface area contributed by atoms with Gasteiger partial charge in [0.25, 0.3) is 0 Å². The SMILES string of the molecule is CCn1c(SCC(=O)Nc2scc(-c3ccc(OC)cc3)c2C(=O)OC)nnc1C(C)Oc1cc(C)c(Cl)c(C)c1. The molecule has 0 aliphatic heterocycles. The van der Waals surface area contributed by atoms with E-state index in [2.05, 4.69) is 15.5 Å². The van der Waals surface area contributed by atoms with Crippen molar-refractivity contribution in [1.29, 1.82) is 0 Å². The van der Waals surface area contributed by atoms with E-state index in [0.717, 1.165) is 21.7 Å². The van der Waals surface area contributed by atoms with Crippen LogP contribution in [0, 0.1) is 13.8 Å². The van der Waals surface area contributed by atoms with Crippen LogP contribution in [0.1, 0.15) is 47.3 Å². The van der Waals surface area contributed by atoms with Gasteiger partial charge in [-0.25, -0.2) is 4.79 Å². The fourth-order valence-electron chi connectivity index (χ4n) is 4.27. The summed E-state index contributed by atoms with van der Waals surface area (Å²) in [7, 11) is 2.90. The van der Waals surface area contributed by atoms with Crippen molar-refractivity contribution >= 4 is 51.6 Å². The molecule has 9 nitrogen and oxygen atoms in total. The molecular formula is C29H31ClN4O5S2. The van der Waals surface area contributed by atoms with E-state index in [1.54, 1.807) is 7.11 Å². The molecule has 1 N–H and O–H groups in total. The summed E-state index contributed by atoms with van der Waals surface area (Å²) in [6.07, 6.45) is -0.379. The quantitative estimate of drug-likeness (QED) is 0.143. The molecule has 216 valence electrons. The topological polar surface area (TPSA) is 105 Å². The van der Waals surface area contributed by atoms with Crippen LogP contribution < -0.4 is 14.8 Å². The Balaban J connectivity index is 1.46. The van der Waals surface area contributed by atoms with E-state index in [-0.39, 0.29) is 17.8 Å². The van der Waals surface area contributed by atoms with E-state index < -0.39 is 5.97 Å². The fourth-order valence-corrected chi connectivity index (χ4v) is 6.16. The van der Waals surface area contributed by atoms with Crippen LogP contribution in [-0.2, 0) is 16.1 Å². The highest BCUT2D eigenvalue weighted by molar-refractivity contribution is 7.99. The number of halogens is 1. The molecule has 1 unspecified atom stereocenters. The zero-order valence-corrected chi connectivity index (χ0v) is 26.0. The summed E-state index contributed by atoms with van der Waals surface area (Å²) in [6, 6.07) is 11.1. The predicted octanol–water partition coefficient (Wildman–Crippen LogP) is 6.96. The Bertz CT molecular complexity index is 1530. The van der Waals surface area contributed by atoms with Gasteiger partial charge in [-0.1, -0.05) is 35.5 Å². The van der Waals surface area contributed by atoms with Gasteiger partial charge in [-0.15, -0.1) is 21.5 Å². The van der Waals surface area contributed by atoms with Crippen LogP contribution in [0.2, 0.25) is 5.02 Å². The van der Waals surface area contributed by atoms with E-state index in [4.69, 9.17) is 25.8 Å². The minimum atomic E-state index is -0.532. The van der Waals surface area contributed by atoms with Crippen molar-refractivity contribution in [2.45, 2.75) is 45.5 Å². The van der Waals surface area contributed by atoms with Crippen molar-refractivity contribution in [2.75, 3.05) is 25.3 Å². The van der Waals surface area contributed by atoms with Gasteiger partial charge in [-0.3, -0.25) is 4.79 Å². The number of anilines is 1. The lowest BCUT2D eigenvalue weighted by Gasteiger charge is -2.17. The molecule has 0 spiro atoms. The van der Waals surface area contributed by atoms with Gasteiger partial charge in [0, 0.05) is 22.5 Å². The summed E-state index contributed by atoms with van der Waals surface area (Å²) in [5, 5.41) is 15.1. The van der Waals surface area contributed by atoms with Gasteiger partial charge in [0.1, 0.15) is 22.1 Å². The molecule has 12 heteroatoms. The second-order valence-corrected chi connectivity index (χ2v) is 11.3. The molecule has 0 bridgehead atoms. The van der Waals surface area contributed by atoms with Crippen LogP contribution in [0.25, 0.3) is 11.1 Å². The Morgan fingerprint density at radius 3 is 2.39 bits per heavy atom. The van der Waals surface area contributed by atoms with Gasteiger partial charge in [-0.2, -0.15) is 0 Å². The van der Waals surface area contributed by atoms with E-state index in [9.17, 15) is 9.59 Å². The Morgan fingerprint density at radius 1 is 1.10 bits per heavy atom. The van der Waals surface area contributed by atoms with E-state index in [0.29, 0.717) is 45.2 Å². The van der Waals surface area contributed by atoms with Crippen LogP contribution >= 0.6 is 34.7 Å². The number of amides is 1. The number of benzene rings is 2. The number of aryl methyl sites for hydroxylation is 2. The Labute approximate surface area is 252 Å². The summed E-state index contributed by atoms with van der Waals surface area (Å²) in [6.45, 7) is 8.36. The van der Waals surface area contributed by atoms with Crippen LogP contribution in [0.4, 0.5) is 5.00 Å². The third kappa shape index (κ3) is 6.86. The largest absolute Gasteiger partial charge is 0.497 e. The van der Waals surface area contributed by atoms with Gasteiger partial charge < -0.3 is 24.1 Å². The maximum absolute atomic E-state index is 13.0. The molecule has 4 rings (SSSR count). The van der Waals surface area contributed by atoms with Crippen molar-refractivity contribution in [1.82, 2.24) is 14.8 Å². The summed E-state index contributed by atoms with van der Waals surface area (Å²) in [5.41, 5.74) is 3.65. The number of nitrogens with one attached hydrogen (secondary N) is 1. The lowest BCUT2D eigenvalue weighted by atomic mass is 10.0. The summed E-state index contributed by atoms with van der Waals surface area (Å²) < 4.78 is 18.3. The molecule has 2 aromatic carbocycles. The highest BCUT2D eigenvalue weighted by atomic mass is 35.5. The molecule has 4 aromatic rings. The number of hydrogen-bond acceptors (Lipinski definition) is 9. The number of aromatic nitrogens is 3. The van der Waals surface area contributed by atoms with Crippen molar-refractivity contribution in [2.24, 2.45) is 0 Å². The molecular weight excluding hydrogens is 584 g/mol. The third-order valence-electron chi connectivity index (χ3n) is 6.31. The third-order valence-corrected chi connectivity index (χ3v) is 8.77. The number of esters is 1. The highest BCUT2D eigenvalue weighted by Crippen LogP contribution is 2.37. The predicted molar refractivity (Wildman–Crippen MR) is 163 cm³/mol. The number of methoxy groups -OCH3 is 2. The van der Waals surface area contributed by atoms with Crippen molar-refractivity contribution in [3.05, 3.63) is 69.3 Å². The summed E-state index contributed by atoms with van der Waals surface area (Å²) >= 11 is 8.81. The van der Waals surface area contributed by atoms with Crippen molar-refractivity contribution < 1.29 is 23.8 Å². The van der Waals surface area contributed by atoms with Crippen LogP contribution in [-0.4, -0.2) is 46.6 Å². The Hall–Kier alpha value is -3.54.